The monoisotopic (exact) mass is 1030 g/mol. The fraction of sp³-hybridized carbons (Fsp3) is 0.955. The van der Waals surface area contributed by atoms with Crippen LogP contribution in [0, 0.1) is 81.3 Å². The summed E-state index contributed by atoms with van der Waals surface area (Å²) in [5, 5.41) is 0. The lowest BCUT2D eigenvalue weighted by Gasteiger charge is -2.67. The first-order valence-electron chi connectivity index (χ1n) is 31.8. The second-order valence-electron chi connectivity index (χ2n) is 28.4. The summed E-state index contributed by atoms with van der Waals surface area (Å²) in [6.07, 6.45) is 31.6. The van der Waals surface area contributed by atoms with Crippen LogP contribution in [0.2, 0.25) is 0 Å². The topological polar surface area (TPSA) is 82.1 Å². The van der Waals surface area contributed by atoms with Gasteiger partial charge in [0.25, 0.3) is 0 Å². The van der Waals surface area contributed by atoms with Crippen molar-refractivity contribution in [2.45, 2.75) is 283 Å². The molecule has 73 heavy (non-hydrogen) atoms. The van der Waals surface area contributed by atoms with Crippen LogP contribution >= 0.6 is 0 Å². The number of esters is 3. The SMILES string of the molecule is CCN(CC)CCCC(=O)OCCC12CC3CC(CCOC(=O)CC(CC(C)CCCC(C)C)CC(C)CCCC(C)C)(C1)CC(CCOC(=O)CC(CC(C)CCCC(C)C)CC(C)CCCC(C)C)(C3)C2. The molecule has 6 atom stereocenters. The zero-order valence-electron chi connectivity index (χ0n) is 51.0. The Morgan fingerprint density at radius 1 is 0.438 bits per heavy atom. The third-order valence-electron chi connectivity index (χ3n) is 18.6. The molecule has 0 aromatic heterocycles. The van der Waals surface area contributed by atoms with Crippen LogP contribution in [-0.4, -0.2) is 62.3 Å². The molecule has 4 rings (SSSR count). The van der Waals surface area contributed by atoms with E-state index in [0.29, 0.717) is 80.5 Å². The van der Waals surface area contributed by atoms with E-state index in [9.17, 15) is 14.4 Å². The van der Waals surface area contributed by atoms with Crippen LogP contribution in [0.15, 0.2) is 0 Å². The minimum Gasteiger partial charge on any atom is -0.466 e. The summed E-state index contributed by atoms with van der Waals surface area (Å²) in [5.41, 5.74) is 0.282. The van der Waals surface area contributed by atoms with Crippen molar-refractivity contribution in [3.05, 3.63) is 0 Å². The number of hydrogen-bond donors (Lipinski definition) is 0. The Labute approximate surface area is 453 Å². The molecule has 0 aliphatic heterocycles. The third kappa shape index (κ3) is 27.0. The zero-order chi connectivity index (χ0) is 54.0. The normalized spacial score (nSPS) is 24.1. The van der Waals surface area contributed by atoms with Crippen LogP contribution < -0.4 is 0 Å². The maximum Gasteiger partial charge on any atom is 0.306 e. The van der Waals surface area contributed by atoms with Gasteiger partial charge in [-0.05, 0) is 191 Å². The van der Waals surface area contributed by atoms with Crippen LogP contribution in [-0.2, 0) is 28.6 Å². The predicted octanol–water partition coefficient (Wildman–Crippen LogP) is 18.3. The first kappa shape index (κ1) is 65.7. The number of ether oxygens (including phenoxy) is 3. The van der Waals surface area contributed by atoms with Gasteiger partial charge in [-0.1, -0.05) is 174 Å². The molecule has 4 aliphatic rings. The van der Waals surface area contributed by atoms with Gasteiger partial charge in [0.1, 0.15) is 0 Å². The minimum absolute atomic E-state index is 0.00376. The van der Waals surface area contributed by atoms with E-state index in [0.717, 1.165) is 114 Å². The molecule has 4 saturated carbocycles. The van der Waals surface area contributed by atoms with Gasteiger partial charge in [0.2, 0.25) is 0 Å². The van der Waals surface area contributed by atoms with E-state index in [-0.39, 0.29) is 34.2 Å². The quantitative estimate of drug-likeness (QED) is 0.0444. The molecular weight excluding hydrogens is 903 g/mol. The predicted molar refractivity (Wildman–Crippen MR) is 308 cm³/mol. The number of nitrogens with zero attached hydrogens (tertiary/aromatic N) is 1. The summed E-state index contributed by atoms with van der Waals surface area (Å²) in [7, 11) is 0. The molecule has 428 valence electrons. The molecule has 4 aliphatic carbocycles. The maximum atomic E-state index is 13.9. The summed E-state index contributed by atoms with van der Waals surface area (Å²) in [4.78, 5) is 43.2. The Bertz CT molecular complexity index is 1370. The highest BCUT2D eigenvalue weighted by molar-refractivity contribution is 5.70. The zero-order valence-corrected chi connectivity index (χ0v) is 51.0. The highest BCUT2D eigenvalue weighted by Gasteiger charge is 2.62. The number of carbonyl (C=O) groups is 3. The number of rotatable bonds is 43. The van der Waals surface area contributed by atoms with Crippen molar-refractivity contribution < 1.29 is 28.6 Å². The molecule has 6 unspecified atom stereocenters. The largest absolute Gasteiger partial charge is 0.466 e. The van der Waals surface area contributed by atoms with Gasteiger partial charge < -0.3 is 19.1 Å². The van der Waals surface area contributed by atoms with Gasteiger partial charge in [-0.15, -0.1) is 0 Å². The number of hydrogen-bond acceptors (Lipinski definition) is 7. The Balaban J connectivity index is 1.72. The Morgan fingerprint density at radius 3 is 1.03 bits per heavy atom. The summed E-state index contributed by atoms with van der Waals surface area (Å²) in [6, 6.07) is 0. The van der Waals surface area contributed by atoms with E-state index in [1.165, 1.54) is 96.3 Å². The number of carbonyl (C=O) groups excluding carboxylic acids is 3. The highest BCUT2D eigenvalue weighted by atomic mass is 16.5. The van der Waals surface area contributed by atoms with Crippen LogP contribution in [0.4, 0.5) is 0 Å². The first-order chi connectivity index (χ1) is 34.6. The molecule has 0 aromatic carbocycles. The molecule has 0 N–H and O–H groups in total. The Morgan fingerprint density at radius 2 is 0.740 bits per heavy atom. The smallest absolute Gasteiger partial charge is 0.306 e. The van der Waals surface area contributed by atoms with Gasteiger partial charge in [-0.25, -0.2) is 0 Å². The fourth-order valence-corrected chi connectivity index (χ4v) is 15.5. The van der Waals surface area contributed by atoms with Gasteiger partial charge in [0.05, 0.1) is 19.8 Å². The summed E-state index contributed by atoms with van der Waals surface area (Å²) < 4.78 is 18.7. The Kier molecular flexibility index (Phi) is 30.8. The van der Waals surface area contributed by atoms with Crippen molar-refractivity contribution in [2.75, 3.05) is 39.5 Å². The van der Waals surface area contributed by atoms with Gasteiger partial charge in [-0.2, -0.15) is 0 Å². The van der Waals surface area contributed by atoms with Crippen LogP contribution in [0.3, 0.4) is 0 Å². The lowest BCUT2D eigenvalue weighted by atomic mass is 9.38. The van der Waals surface area contributed by atoms with Crippen LogP contribution in [0.25, 0.3) is 0 Å². The van der Waals surface area contributed by atoms with E-state index in [1.54, 1.807) is 0 Å². The van der Waals surface area contributed by atoms with Gasteiger partial charge in [0, 0.05) is 19.3 Å². The van der Waals surface area contributed by atoms with Crippen molar-refractivity contribution in [2.24, 2.45) is 81.3 Å². The molecule has 0 amide bonds. The van der Waals surface area contributed by atoms with E-state index in [1.807, 2.05) is 0 Å². The maximum absolute atomic E-state index is 13.9. The van der Waals surface area contributed by atoms with Crippen LogP contribution in [0.1, 0.15) is 283 Å². The van der Waals surface area contributed by atoms with E-state index in [4.69, 9.17) is 14.2 Å². The molecule has 0 spiro atoms. The summed E-state index contributed by atoms with van der Waals surface area (Å²) >= 11 is 0. The molecule has 0 saturated heterocycles. The molecule has 4 fully saturated rings. The molecule has 4 bridgehead atoms. The van der Waals surface area contributed by atoms with Crippen molar-refractivity contribution in [1.29, 1.82) is 0 Å². The highest BCUT2D eigenvalue weighted by Crippen LogP contribution is 2.72. The lowest BCUT2D eigenvalue weighted by molar-refractivity contribution is -0.182. The lowest BCUT2D eigenvalue weighted by Crippen LogP contribution is -2.57. The van der Waals surface area contributed by atoms with Crippen molar-refractivity contribution in [3.63, 3.8) is 0 Å². The summed E-state index contributed by atoms with van der Waals surface area (Å²) in [6.45, 7) is 36.9. The van der Waals surface area contributed by atoms with Crippen molar-refractivity contribution in [1.82, 2.24) is 4.90 Å². The van der Waals surface area contributed by atoms with E-state index >= 15 is 0 Å². The molecule has 0 aromatic rings. The summed E-state index contributed by atoms with van der Waals surface area (Å²) in [5.74, 6) is 6.68. The molecule has 0 heterocycles. The van der Waals surface area contributed by atoms with Crippen molar-refractivity contribution >= 4 is 17.9 Å². The van der Waals surface area contributed by atoms with E-state index < -0.39 is 0 Å². The average molecular weight is 1030 g/mol. The minimum atomic E-state index is -0.0680. The van der Waals surface area contributed by atoms with Crippen molar-refractivity contribution in [3.8, 4) is 0 Å². The third-order valence-corrected chi connectivity index (χ3v) is 18.6. The molecular formula is C66H123NO6. The average Bonchev–Trinajstić information content (AvgIpc) is 3.26. The first-order valence-corrected chi connectivity index (χ1v) is 31.8. The van der Waals surface area contributed by atoms with Gasteiger partial charge in [0.15, 0.2) is 0 Å². The Hall–Kier alpha value is -1.63. The van der Waals surface area contributed by atoms with E-state index in [2.05, 4.69) is 102 Å². The van der Waals surface area contributed by atoms with Gasteiger partial charge in [-0.3, -0.25) is 14.4 Å². The van der Waals surface area contributed by atoms with Gasteiger partial charge >= 0.3 is 17.9 Å². The second kappa shape index (κ2) is 34.3. The molecule has 7 heteroatoms. The standard InChI is InChI=1S/C66H123NO6/c1-15-67(16-2)34-21-30-61(68)71-35-31-64-44-60-45-65(47-64,32-36-72-62(69)42-58(38-54(11)26-17-22-50(3)4)39-55(12)27-18-23-51(5)6)49-66(46-60,48-64)33-37-73-63(70)43-59(40-56(13)28-19-24-52(7)8)41-57(14)29-20-25-53(9)10/h50-60H,15-49H2,1-14H3. The molecule has 7 nitrogen and oxygen atoms in total. The second-order valence-corrected chi connectivity index (χ2v) is 28.4. The molecule has 0 radical (unpaired) electrons. The fourth-order valence-electron chi connectivity index (χ4n) is 15.5. The van der Waals surface area contributed by atoms with Crippen LogP contribution in [0.5, 0.6) is 0 Å².